The van der Waals surface area contributed by atoms with Crippen molar-refractivity contribution in [2.24, 2.45) is 5.92 Å². The minimum Gasteiger partial charge on any atom is -0.338 e. The lowest BCUT2D eigenvalue weighted by atomic mass is 10.1. The van der Waals surface area contributed by atoms with Gasteiger partial charge in [0.1, 0.15) is 0 Å². The van der Waals surface area contributed by atoms with Gasteiger partial charge in [0, 0.05) is 18.1 Å². The lowest BCUT2D eigenvalue weighted by molar-refractivity contribution is -0.143. The first-order chi connectivity index (χ1) is 11.8. The van der Waals surface area contributed by atoms with Crippen molar-refractivity contribution in [2.45, 2.75) is 32.0 Å². The van der Waals surface area contributed by atoms with Crippen LogP contribution in [-0.2, 0) is 0 Å². The number of benzene rings is 1. The first-order valence-corrected chi connectivity index (χ1v) is 8.73. The van der Waals surface area contributed by atoms with E-state index in [1.54, 1.807) is 12.1 Å². The van der Waals surface area contributed by atoms with Crippen LogP contribution in [0.25, 0.3) is 0 Å². The van der Waals surface area contributed by atoms with Gasteiger partial charge in [0.05, 0.1) is 12.6 Å². The van der Waals surface area contributed by atoms with Crippen LogP contribution >= 0.6 is 11.6 Å². The van der Waals surface area contributed by atoms with Crippen LogP contribution < -0.4 is 10.6 Å². The van der Waals surface area contributed by atoms with Crippen molar-refractivity contribution in [3.63, 3.8) is 0 Å². The van der Waals surface area contributed by atoms with Crippen molar-refractivity contribution in [3.05, 3.63) is 34.9 Å². The number of nitrogens with zero attached hydrogens (tertiary/aromatic N) is 1. The summed E-state index contributed by atoms with van der Waals surface area (Å²) < 4.78 is 37.2. The number of halogens is 4. The van der Waals surface area contributed by atoms with Crippen LogP contribution in [0.4, 0.5) is 18.0 Å². The maximum absolute atomic E-state index is 12.4. The summed E-state index contributed by atoms with van der Waals surface area (Å²) in [5, 5.41) is 6.29. The third kappa shape index (κ3) is 6.74. The standard InChI is InChI=1S/C17H23ClF3N3O/c1-2-15(13-3-5-14(18)6-4-13)23-16(25)22-9-12-7-8-24(10-12)11-17(19,20)21/h3-6,12,15H,2,7-11H2,1H3,(H2,22,23,25)/t12-,15-/m0/s1. The number of nitrogens with one attached hydrogen (secondary N) is 2. The van der Waals surface area contributed by atoms with E-state index in [2.05, 4.69) is 10.6 Å². The molecule has 1 fully saturated rings. The van der Waals surface area contributed by atoms with Crippen LogP contribution in [0, 0.1) is 5.92 Å². The number of likely N-dealkylation sites (tertiary alicyclic amines) is 1. The normalized spacial score (nSPS) is 19.6. The second-order valence-corrected chi connectivity index (χ2v) is 6.81. The Balaban J connectivity index is 1.75. The number of carbonyl (C=O) groups excluding carboxylic acids is 1. The summed E-state index contributed by atoms with van der Waals surface area (Å²) in [4.78, 5) is 13.5. The molecule has 0 bridgehead atoms. The summed E-state index contributed by atoms with van der Waals surface area (Å²) in [6.45, 7) is 2.22. The average molecular weight is 378 g/mol. The van der Waals surface area contributed by atoms with Gasteiger partial charge in [-0.2, -0.15) is 13.2 Å². The second kappa shape index (κ2) is 8.76. The van der Waals surface area contributed by atoms with E-state index in [4.69, 9.17) is 11.6 Å². The molecule has 0 aromatic heterocycles. The van der Waals surface area contributed by atoms with Gasteiger partial charge in [-0.05, 0) is 43.0 Å². The molecule has 0 saturated carbocycles. The smallest absolute Gasteiger partial charge is 0.338 e. The fraction of sp³-hybridized carbons (Fsp3) is 0.588. The number of carbonyl (C=O) groups is 1. The van der Waals surface area contributed by atoms with Crippen LogP contribution in [0.1, 0.15) is 31.4 Å². The topological polar surface area (TPSA) is 44.4 Å². The van der Waals surface area contributed by atoms with E-state index in [0.29, 0.717) is 31.1 Å². The monoisotopic (exact) mass is 377 g/mol. The molecule has 8 heteroatoms. The Labute approximate surface area is 150 Å². The molecule has 1 aromatic rings. The zero-order valence-corrected chi connectivity index (χ0v) is 14.8. The van der Waals surface area contributed by atoms with Crippen LogP contribution in [0.3, 0.4) is 0 Å². The average Bonchev–Trinajstić information content (AvgIpc) is 2.97. The van der Waals surface area contributed by atoms with E-state index in [1.807, 2.05) is 19.1 Å². The van der Waals surface area contributed by atoms with E-state index in [1.165, 1.54) is 4.90 Å². The van der Waals surface area contributed by atoms with Gasteiger partial charge in [-0.25, -0.2) is 4.79 Å². The van der Waals surface area contributed by atoms with Gasteiger partial charge in [0.25, 0.3) is 0 Å². The summed E-state index contributed by atoms with van der Waals surface area (Å²) in [6, 6.07) is 6.82. The third-order valence-corrected chi connectivity index (χ3v) is 4.56. The Morgan fingerprint density at radius 3 is 2.64 bits per heavy atom. The van der Waals surface area contributed by atoms with E-state index in [0.717, 1.165) is 12.0 Å². The number of rotatable bonds is 6. The fourth-order valence-corrected chi connectivity index (χ4v) is 3.17. The molecular formula is C17H23ClF3N3O. The molecule has 0 unspecified atom stereocenters. The molecule has 1 aromatic carbocycles. The highest BCUT2D eigenvalue weighted by molar-refractivity contribution is 6.30. The van der Waals surface area contributed by atoms with Crippen molar-refractivity contribution in [1.82, 2.24) is 15.5 Å². The minimum atomic E-state index is -4.17. The molecule has 1 heterocycles. The van der Waals surface area contributed by atoms with Crippen molar-refractivity contribution in [1.29, 1.82) is 0 Å². The summed E-state index contributed by atoms with van der Waals surface area (Å²) in [6.07, 6.45) is -2.80. The number of alkyl halides is 3. The summed E-state index contributed by atoms with van der Waals surface area (Å²) in [5.74, 6) is 0.0451. The van der Waals surface area contributed by atoms with E-state index in [9.17, 15) is 18.0 Å². The Morgan fingerprint density at radius 1 is 1.36 bits per heavy atom. The molecule has 1 aliphatic rings. The molecule has 2 N–H and O–H groups in total. The molecule has 1 saturated heterocycles. The van der Waals surface area contributed by atoms with E-state index >= 15 is 0 Å². The first kappa shape index (κ1) is 19.8. The molecule has 2 amide bonds. The van der Waals surface area contributed by atoms with Gasteiger partial charge in [-0.3, -0.25) is 4.90 Å². The molecule has 0 radical (unpaired) electrons. The number of urea groups is 1. The van der Waals surface area contributed by atoms with Gasteiger partial charge >= 0.3 is 12.2 Å². The number of amides is 2. The molecule has 25 heavy (non-hydrogen) atoms. The molecular weight excluding hydrogens is 355 g/mol. The molecule has 4 nitrogen and oxygen atoms in total. The molecule has 2 atom stereocenters. The van der Waals surface area contributed by atoms with Crippen LogP contribution in [0.15, 0.2) is 24.3 Å². The highest BCUT2D eigenvalue weighted by Gasteiger charge is 2.34. The fourth-order valence-electron chi connectivity index (χ4n) is 3.04. The lowest BCUT2D eigenvalue weighted by Gasteiger charge is -2.20. The van der Waals surface area contributed by atoms with Gasteiger partial charge in [-0.15, -0.1) is 0 Å². The van der Waals surface area contributed by atoms with Gasteiger partial charge in [0.15, 0.2) is 0 Å². The van der Waals surface area contributed by atoms with E-state index in [-0.39, 0.29) is 18.0 Å². The SMILES string of the molecule is CC[C@H](NC(=O)NC[C@@H]1CCN(CC(F)(F)F)C1)c1ccc(Cl)cc1. The van der Waals surface area contributed by atoms with Crippen LogP contribution in [0.5, 0.6) is 0 Å². The predicted octanol–water partition coefficient (Wildman–Crippen LogP) is 3.97. The highest BCUT2D eigenvalue weighted by Crippen LogP contribution is 2.22. The molecule has 140 valence electrons. The molecule has 2 rings (SSSR count). The lowest BCUT2D eigenvalue weighted by Crippen LogP contribution is -2.40. The molecule has 0 spiro atoms. The zero-order chi connectivity index (χ0) is 18.4. The van der Waals surface area contributed by atoms with Crippen LogP contribution in [-0.4, -0.2) is 43.3 Å². The second-order valence-electron chi connectivity index (χ2n) is 6.37. The molecule has 1 aliphatic heterocycles. The van der Waals surface area contributed by atoms with Gasteiger partial charge < -0.3 is 10.6 Å². The minimum absolute atomic E-state index is 0.0451. The summed E-state index contributed by atoms with van der Waals surface area (Å²) >= 11 is 5.87. The van der Waals surface area contributed by atoms with Crippen molar-refractivity contribution in [2.75, 3.05) is 26.2 Å². The first-order valence-electron chi connectivity index (χ1n) is 8.35. The number of hydrogen-bond acceptors (Lipinski definition) is 2. The summed E-state index contributed by atoms with van der Waals surface area (Å²) in [5.41, 5.74) is 0.958. The molecule has 0 aliphatic carbocycles. The van der Waals surface area contributed by atoms with Crippen molar-refractivity contribution in [3.8, 4) is 0 Å². The summed E-state index contributed by atoms with van der Waals surface area (Å²) in [7, 11) is 0. The Kier molecular flexibility index (Phi) is 6.95. The Bertz CT molecular complexity index is 565. The van der Waals surface area contributed by atoms with Gasteiger partial charge in [0.2, 0.25) is 0 Å². The predicted molar refractivity (Wildman–Crippen MR) is 91.6 cm³/mol. The van der Waals surface area contributed by atoms with Crippen molar-refractivity contribution >= 4 is 17.6 Å². The van der Waals surface area contributed by atoms with Crippen molar-refractivity contribution < 1.29 is 18.0 Å². The van der Waals surface area contributed by atoms with E-state index < -0.39 is 12.7 Å². The third-order valence-electron chi connectivity index (χ3n) is 4.31. The quantitative estimate of drug-likeness (QED) is 0.787. The zero-order valence-electron chi connectivity index (χ0n) is 14.1. The van der Waals surface area contributed by atoms with Gasteiger partial charge in [-0.1, -0.05) is 30.7 Å². The van der Waals surface area contributed by atoms with Crippen LogP contribution in [0.2, 0.25) is 5.02 Å². The largest absolute Gasteiger partial charge is 0.401 e. The Hall–Kier alpha value is -1.47. The maximum atomic E-state index is 12.4. The highest BCUT2D eigenvalue weighted by atomic mass is 35.5. The number of hydrogen-bond donors (Lipinski definition) is 2. The maximum Gasteiger partial charge on any atom is 0.401 e. The Morgan fingerprint density at radius 2 is 2.04 bits per heavy atom.